The molecule has 1 unspecified atom stereocenters. The lowest BCUT2D eigenvalue weighted by molar-refractivity contribution is -0.122. The van der Waals surface area contributed by atoms with E-state index in [1.54, 1.807) is 0 Å². The van der Waals surface area contributed by atoms with Crippen molar-refractivity contribution in [2.45, 2.75) is 26.2 Å². The second-order valence-corrected chi connectivity index (χ2v) is 4.43. The van der Waals surface area contributed by atoms with Gasteiger partial charge in [0, 0.05) is 23.9 Å². The summed E-state index contributed by atoms with van der Waals surface area (Å²) in [6, 6.07) is 7.42. The van der Waals surface area contributed by atoms with Gasteiger partial charge < -0.3 is 5.73 Å². The molecule has 1 rings (SSSR count). The van der Waals surface area contributed by atoms with Crippen LogP contribution in [-0.2, 0) is 11.2 Å². The maximum absolute atomic E-state index is 11.9. The Morgan fingerprint density at radius 1 is 1.50 bits per heavy atom. The van der Waals surface area contributed by atoms with Gasteiger partial charge in [0.2, 0.25) is 0 Å². The van der Waals surface area contributed by atoms with Crippen molar-refractivity contribution in [3.8, 4) is 0 Å². The molecular formula is C13H18ClNO. The molecule has 0 fully saturated rings. The van der Waals surface area contributed by atoms with Gasteiger partial charge in [-0.3, -0.25) is 4.79 Å². The third-order valence-corrected chi connectivity index (χ3v) is 2.88. The van der Waals surface area contributed by atoms with Crippen molar-refractivity contribution in [1.29, 1.82) is 0 Å². The maximum atomic E-state index is 11.9. The number of halogens is 1. The number of Topliss-reactive ketones (excluding diaryl/α,β-unsaturated/α-hetero) is 1. The van der Waals surface area contributed by atoms with Crippen molar-refractivity contribution in [3.63, 3.8) is 0 Å². The summed E-state index contributed by atoms with van der Waals surface area (Å²) in [6.07, 6.45) is 2.29. The van der Waals surface area contributed by atoms with Crippen LogP contribution >= 0.6 is 11.6 Å². The van der Waals surface area contributed by atoms with Gasteiger partial charge in [-0.25, -0.2) is 0 Å². The van der Waals surface area contributed by atoms with E-state index in [2.05, 4.69) is 6.92 Å². The number of benzene rings is 1. The van der Waals surface area contributed by atoms with Gasteiger partial charge in [0.05, 0.1) is 0 Å². The van der Waals surface area contributed by atoms with Crippen molar-refractivity contribution in [2.24, 2.45) is 11.7 Å². The zero-order valence-electron chi connectivity index (χ0n) is 9.58. The fourth-order valence-electron chi connectivity index (χ4n) is 1.75. The second kappa shape index (κ2) is 6.66. The third-order valence-electron chi connectivity index (χ3n) is 2.64. The molecule has 0 saturated carbocycles. The van der Waals surface area contributed by atoms with Gasteiger partial charge in [-0.2, -0.15) is 0 Å². The van der Waals surface area contributed by atoms with E-state index in [1.807, 2.05) is 24.3 Å². The first kappa shape index (κ1) is 13.2. The number of hydrogen-bond acceptors (Lipinski definition) is 2. The molecule has 1 atom stereocenters. The number of carbonyl (C=O) groups is 1. The van der Waals surface area contributed by atoms with Gasteiger partial charge in [0.1, 0.15) is 5.78 Å². The average molecular weight is 240 g/mol. The van der Waals surface area contributed by atoms with Gasteiger partial charge >= 0.3 is 0 Å². The Morgan fingerprint density at radius 2 is 2.25 bits per heavy atom. The van der Waals surface area contributed by atoms with E-state index in [9.17, 15) is 4.79 Å². The number of rotatable bonds is 6. The Hall–Kier alpha value is -0.860. The van der Waals surface area contributed by atoms with E-state index in [-0.39, 0.29) is 11.7 Å². The van der Waals surface area contributed by atoms with Gasteiger partial charge in [-0.1, -0.05) is 37.1 Å². The highest BCUT2D eigenvalue weighted by Crippen LogP contribution is 2.14. The first-order valence-corrected chi connectivity index (χ1v) is 6.02. The van der Waals surface area contributed by atoms with E-state index in [0.29, 0.717) is 18.0 Å². The zero-order valence-corrected chi connectivity index (χ0v) is 10.3. The second-order valence-electron chi connectivity index (χ2n) is 3.99. The third kappa shape index (κ3) is 3.95. The first-order chi connectivity index (χ1) is 7.67. The van der Waals surface area contributed by atoms with Crippen LogP contribution in [0.25, 0.3) is 0 Å². The van der Waals surface area contributed by atoms with E-state index >= 15 is 0 Å². The summed E-state index contributed by atoms with van der Waals surface area (Å²) in [4.78, 5) is 11.9. The van der Waals surface area contributed by atoms with Crippen LogP contribution in [0.15, 0.2) is 24.3 Å². The van der Waals surface area contributed by atoms with Crippen molar-refractivity contribution >= 4 is 17.4 Å². The minimum absolute atomic E-state index is 0.0102. The molecule has 0 aliphatic heterocycles. The summed E-state index contributed by atoms with van der Waals surface area (Å²) in [5.41, 5.74) is 6.56. The molecule has 0 bridgehead atoms. The van der Waals surface area contributed by atoms with E-state index in [0.717, 1.165) is 18.4 Å². The highest BCUT2D eigenvalue weighted by atomic mass is 35.5. The predicted molar refractivity (Wildman–Crippen MR) is 67.6 cm³/mol. The van der Waals surface area contributed by atoms with Crippen LogP contribution in [0.2, 0.25) is 5.02 Å². The maximum Gasteiger partial charge on any atom is 0.141 e. The molecule has 16 heavy (non-hydrogen) atoms. The normalized spacial score (nSPS) is 12.4. The van der Waals surface area contributed by atoms with Crippen molar-refractivity contribution in [1.82, 2.24) is 0 Å². The SMILES string of the molecule is CCCC(CN)C(=O)Cc1cccc(Cl)c1. The first-order valence-electron chi connectivity index (χ1n) is 5.64. The molecule has 2 nitrogen and oxygen atoms in total. The molecule has 0 radical (unpaired) electrons. The molecule has 0 amide bonds. The Balaban J connectivity index is 2.62. The van der Waals surface area contributed by atoms with E-state index < -0.39 is 0 Å². The molecular weight excluding hydrogens is 222 g/mol. The summed E-state index contributed by atoms with van der Waals surface area (Å²) in [5.74, 6) is 0.204. The van der Waals surface area contributed by atoms with Crippen LogP contribution in [0, 0.1) is 5.92 Å². The van der Waals surface area contributed by atoms with E-state index in [4.69, 9.17) is 17.3 Å². The summed E-state index contributed by atoms with van der Waals surface area (Å²) in [6.45, 7) is 2.50. The minimum Gasteiger partial charge on any atom is -0.330 e. The van der Waals surface area contributed by atoms with Crippen molar-refractivity contribution < 1.29 is 4.79 Å². The number of ketones is 1. The smallest absolute Gasteiger partial charge is 0.141 e. The molecule has 1 aromatic carbocycles. The summed E-state index contributed by atoms with van der Waals surface area (Å²) in [5, 5.41) is 0.671. The molecule has 0 aromatic heterocycles. The molecule has 0 heterocycles. The van der Waals surface area contributed by atoms with Gasteiger partial charge in [-0.05, 0) is 24.1 Å². The van der Waals surface area contributed by atoms with Crippen LogP contribution in [0.3, 0.4) is 0 Å². The lowest BCUT2D eigenvalue weighted by Gasteiger charge is -2.12. The predicted octanol–water partition coefficient (Wildman–Crippen LogP) is 2.83. The minimum atomic E-state index is -0.0102. The standard InChI is InChI=1S/C13H18ClNO/c1-2-4-11(9-15)13(16)8-10-5-3-6-12(14)7-10/h3,5-7,11H,2,4,8-9,15H2,1H3. The lowest BCUT2D eigenvalue weighted by Crippen LogP contribution is -2.25. The highest BCUT2D eigenvalue weighted by Gasteiger charge is 2.15. The topological polar surface area (TPSA) is 43.1 Å². The molecule has 1 aromatic rings. The lowest BCUT2D eigenvalue weighted by atomic mass is 9.94. The van der Waals surface area contributed by atoms with Gasteiger partial charge in [0.25, 0.3) is 0 Å². The van der Waals surface area contributed by atoms with Crippen LogP contribution in [-0.4, -0.2) is 12.3 Å². The average Bonchev–Trinajstić information content (AvgIpc) is 2.25. The molecule has 0 saturated heterocycles. The van der Waals surface area contributed by atoms with E-state index in [1.165, 1.54) is 0 Å². The highest BCUT2D eigenvalue weighted by molar-refractivity contribution is 6.30. The van der Waals surface area contributed by atoms with Crippen molar-refractivity contribution in [3.05, 3.63) is 34.9 Å². The number of carbonyl (C=O) groups excluding carboxylic acids is 1. The summed E-state index contributed by atoms with van der Waals surface area (Å²) in [7, 11) is 0. The molecule has 0 aliphatic carbocycles. The van der Waals surface area contributed by atoms with Crippen molar-refractivity contribution in [2.75, 3.05) is 6.54 Å². The van der Waals surface area contributed by atoms with Crippen LogP contribution in [0.1, 0.15) is 25.3 Å². The van der Waals surface area contributed by atoms with Crippen LogP contribution < -0.4 is 5.73 Å². The van der Waals surface area contributed by atoms with Crippen LogP contribution in [0.5, 0.6) is 0 Å². The molecule has 3 heteroatoms. The molecule has 2 N–H and O–H groups in total. The van der Waals surface area contributed by atoms with Gasteiger partial charge in [0.15, 0.2) is 0 Å². The largest absolute Gasteiger partial charge is 0.330 e. The van der Waals surface area contributed by atoms with Crippen LogP contribution in [0.4, 0.5) is 0 Å². The molecule has 88 valence electrons. The fourth-order valence-corrected chi connectivity index (χ4v) is 1.96. The Morgan fingerprint density at radius 3 is 2.81 bits per heavy atom. The monoisotopic (exact) mass is 239 g/mol. The fraction of sp³-hybridized carbons (Fsp3) is 0.462. The number of hydrogen-bond donors (Lipinski definition) is 1. The Labute approximate surface area is 102 Å². The summed E-state index contributed by atoms with van der Waals surface area (Å²) >= 11 is 5.87. The van der Waals surface area contributed by atoms with Gasteiger partial charge in [-0.15, -0.1) is 0 Å². The number of nitrogens with two attached hydrogens (primary N) is 1. The Bertz CT molecular complexity index is 352. The molecule has 0 spiro atoms. The zero-order chi connectivity index (χ0) is 12.0. The molecule has 0 aliphatic rings. The summed E-state index contributed by atoms with van der Waals surface area (Å²) < 4.78 is 0. The Kier molecular flexibility index (Phi) is 5.50. The quantitative estimate of drug-likeness (QED) is 0.830.